The van der Waals surface area contributed by atoms with Crippen LogP contribution < -0.4 is 4.90 Å². The molecule has 0 spiro atoms. The SMILES string of the molecule is CN1c2cc(-c3ccc(-c4c5ccccc5c(-c5ccc6ccccc6c5)c5ccccc45)cc3)ccc2-c2cc3c(c4cccc1c24)c1ccc(-c2ccc(-c4c5ccccc5c(-c5ccc6ccccc6c5)c5ccccc45)cc2)cc1n3C. The summed E-state index contributed by atoms with van der Waals surface area (Å²) in [5.74, 6) is 0. The minimum absolute atomic E-state index is 1.19. The highest BCUT2D eigenvalue weighted by Gasteiger charge is 2.27. The van der Waals surface area contributed by atoms with Gasteiger partial charge in [0.2, 0.25) is 0 Å². The van der Waals surface area contributed by atoms with E-state index >= 15 is 0 Å². The highest BCUT2D eigenvalue weighted by molar-refractivity contribution is 6.29. The minimum atomic E-state index is 1.19. The van der Waals surface area contributed by atoms with Crippen LogP contribution in [-0.4, -0.2) is 11.6 Å². The van der Waals surface area contributed by atoms with Gasteiger partial charge in [-0.05, 0) is 179 Å². The average Bonchev–Trinajstić information content (AvgIpc) is 1.42. The fourth-order valence-electron chi connectivity index (χ4n) is 15.0. The fraction of sp³-hybridized carbons (Fsp3) is 0.0238. The Labute approximate surface area is 498 Å². The quantitative estimate of drug-likeness (QED) is 0.151. The molecule has 18 rings (SSSR count). The van der Waals surface area contributed by atoms with Crippen LogP contribution in [0.1, 0.15) is 0 Å². The second-order valence-corrected chi connectivity index (χ2v) is 23.6. The molecule has 0 N–H and O–H groups in total. The Morgan fingerprint density at radius 2 is 0.593 bits per heavy atom. The molecule has 0 fully saturated rings. The van der Waals surface area contributed by atoms with Crippen molar-refractivity contribution in [1.82, 2.24) is 4.57 Å². The van der Waals surface area contributed by atoms with Crippen molar-refractivity contribution in [3.05, 3.63) is 291 Å². The lowest BCUT2D eigenvalue weighted by Gasteiger charge is -2.31. The number of fused-ring (bicyclic) bond motifs is 12. The van der Waals surface area contributed by atoms with Gasteiger partial charge in [-0.3, -0.25) is 0 Å². The maximum Gasteiger partial charge on any atom is 0.0501 e. The molecule has 0 atom stereocenters. The zero-order valence-corrected chi connectivity index (χ0v) is 47.6. The summed E-state index contributed by atoms with van der Waals surface area (Å²) in [7, 11) is 4.48. The van der Waals surface area contributed by atoms with Crippen LogP contribution in [0.2, 0.25) is 0 Å². The van der Waals surface area contributed by atoms with Gasteiger partial charge >= 0.3 is 0 Å². The summed E-state index contributed by atoms with van der Waals surface area (Å²) in [6, 6.07) is 109. The smallest absolute Gasteiger partial charge is 0.0501 e. The highest BCUT2D eigenvalue weighted by atomic mass is 15.1. The van der Waals surface area contributed by atoms with Crippen molar-refractivity contribution in [2.24, 2.45) is 7.05 Å². The van der Waals surface area contributed by atoms with Crippen LogP contribution in [0.3, 0.4) is 0 Å². The van der Waals surface area contributed by atoms with Gasteiger partial charge in [-0.15, -0.1) is 0 Å². The van der Waals surface area contributed by atoms with E-state index in [-0.39, 0.29) is 0 Å². The second-order valence-electron chi connectivity index (χ2n) is 23.6. The van der Waals surface area contributed by atoms with Crippen LogP contribution in [0.15, 0.2) is 291 Å². The van der Waals surface area contributed by atoms with Gasteiger partial charge in [-0.2, -0.15) is 0 Å². The van der Waals surface area contributed by atoms with Crippen molar-refractivity contribution in [3.8, 4) is 77.9 Å². The Bertz CT molecular complexity index is 5610. The van der Waals surface area contributed by atoms with Gasteiger partial charge in [-0.25, -0.2) is 0 Å². The van der Waals surface area contributed by atoms with Crippen molar-refractivity contribution in [3.63, 3.8) is 0 Å². The molecule has 2 heteroatoms. The number of aromatic nitrogens is 1. The number of hydrogen-bond donors (Lipinski definition) is 0. The van der Waals surface area contributed by atoms with Crippen molar-refractivity contribution in [2.45, 2.75) is 0 Å². The number of hydrogen-bond acceptors (Lipinski definition) is 1. The van der Waals surface area contributed by atoms with E-state index in [9.17, 15) is 0 Å². The lowest BCUT2D eigenvalue weighted by Crippen LogP contribution is -2.15. The number of nitrogens with zero attached hydrogens (tertiary/aromatic N) is 2. The normalized spacial score (nSPS) is 12.3. The molecule has 0 radical (unpaired) electrons. The van der Waals surface area contributed by atoms with Crippen LogP contribution >= 0.6 is 0 Å². The first kappa shape index (κ1) is 48.5. The molecule has 1 aliphatic heterocycles. The van der Waals surface area contributed by atoms with Gasteiger partial charge in [0, 0.05) is 52.7 Å². The lowest BCUT2D eigenvalue weighted by atomic mass is 9.85. The van der Waals surface area contributed by atoms with Crippen molar-refractivity contribution in [2.75, 3.05) is 11.9 Å². The summed E-state index contributed by atoms with van der Waals surface area (Å²) in [5.41, 5.74) is 22.2. The maximum absolute atomic E-state index is 2.45. The molecule has 400 valence electrons. The van der Waals surface area contributed by atoms with E-state index in [1.165, 1.54) is 186 Å². The second kappa shape index (κ2) is 18.7. The summed E-state index contributed by atoms with van der Waals surface area (Å²) in [4.78, 5) is 2.40. The zero-order valence-electron chi connectivity index (χ0n) is 47.6. The van der Waals surface area contributed by atoms with E-state index in [1.807, 2.05) is 0 Å². The first-order valence-corrected chi connectivity index (χ1v) is 29.9. The van der Waals surface area contributed by atoms with Crippen LogP contribution in [0.25, 0.3) is 175 Å². The van der Waals surface area contributed by atoms with Crippen molar-refractivity contribution < 1.29 is 0 Å². The van der Waals surface area contributed by atoms with Gasteiger partial charge in [0.25, 0.3) is 0 Å². The molecule has 0 aliphatic carbocycles. The minimum Gasteiger partial charge on any atom is -0.344 e. The van der Waals surface area contributed by atoms with E-state index < -0.39 is 0 Å². The monoisotopic (exact) mass is 1090 g/mol. The Kier molecular flexibility index (Phi) is 10.6. The molecular formula is C84H54N2. The molecule has 86 heavy (non-hydrogen) atoms. The molecular weight excluding hydrogens is 1040 g/mol. The summed E-state index contributed by atoms with van der Waals surface area (Å²) in [6.07, 6.45) is 0. The molecule has 1 aromatic heterocycles. The zero-order chi connectivity index (χ0) is 56.7. The molecule has 1 aliphatic rings. The van der Waals surface area contributed by atoms with Crippen LogP contribution in [-0.2, 0) is 7.05 Å². The Morgan fingerprint density at radius 3 is 1.08 bits per heavy atom. The molecule has 0 bridgehead atoms. The average molecular weight is 1090 g/mol. The van der Waals surface area contributed by atoms with E-state index in [0.717, 1.165) is 0 Å². The predicted molar refractivity (Wildman–Crippen MR) is 369 cm³/mol. The molecule has 2 nitrogen and oxygen atoms in total. The standard InChI is InChI=1S/C84H54N2/c1-85-75-29-15-28-73-83-72-45-43-60(54-32-38-56(39-33-54)80-66-22-9-13-26-70(66)82(71-27-14-10-23-67(71)80)62-41-35-52-17-4-6-19-58(52)47-62)49-77(72)86(2)78(83)50-74(84(73)75)63-44-42-59(48-76(63)85)53-30-36-55(37-31-53)79-64-20-7-11-24-68(64)81(69-25-12-8-21-65(69)79)61-40-34-51-16-3-5-18-57(51)46-61/h3-50H,1-2H3. The third-order valence-corrected chi connectivity index (χ3v) is 19.1. The predicted octanol–water partition coefficient (Wildman–Crippen LogP) is 23.2. The van der Waals surface area contributed by atoms with Crippen molar-refractivity contribution in [1.29, 1.82) is 0 Å². The topological polar surface area (TPSA) is 8.17 Å². The number of rotatable bonds is 6. The van der Waals surface area contributed by atoms with E-state index in [4.69, 9.17) is 0 Å². The summed E-state index contributed by atoms with van der Waals surface area (Å²) < 4.78 is 2.41. The van der Waals surface area contributed by atoms with Gasteiger partial charge in [0.1, 0.15) is 0 Å². The highest BCUT2D eigenvalue weighted by Crippen LogP contribution is 2.53. The summed E-state index contributed by atoms with van der Waals surface area (Å²) in [5, 5.41) is 20.3. The van der Waals surface area contributed by atoms with Crippen molar-refractivity contribution >= 4 is 109 Å². The largest absolute Gasteiger partial charge is 0.344 e. The van der Waals surface area contributed by atoms with Crippen LogP contribution in [0, 0.1) is 0 Å². The molecule has 17 aromatic rings. The van der Waals surface area contributed by atoms with Gasteiger partial charge in [-0.1, -0.05) is 255 Å². The first-order chi connectivity index (χ1) is 42.5. The number of benzene rings is 16. The van der Waals surface area contributed by atoms with Gasteiger partial charge in [0.05, 0.1) is 5.52 Å². The van der Waals surface area contributed by atoms with Gasteiger partial charge in [0.15, 0.2) is 0 Å². The number of aryl methyl sites for hydroxylation is 1. The molecule has 16 aromatic carbocycles. The Hall–Kier alpha value is -11.1. The van der Waals surface area contributed by atoms with Crippen LogP contribution in [0.4, 0.5) is 11.4 Å². The molecule has 0 amide bonds. The third kappa shape index (κ3) is 7.20. The number of anilines is 2. The molecule has 2 heterocycles. The van der Waals surface area contributed by atoms with Crippen LogP contribution in [0.5, 0.6) is 0 Å². The van der Waals surface area contributed by atoms with E-state index in [2.05, 4.69) is 315 Å². The fourth-order valence-corrected chi connectivity index (χ4v) is 15.0. The third-order valence-electron chi connectivity index (χ3n) is 19.1. The summed E-state index contributed by atoms with van der Waals surface area (Å²) >= 11 is 0. The van der Waals surface area contributed by atoms with E-state index in [1.54, 1.807) is 0 Å². The molecule has 0 unspecified atom stereocenters. The lowest BCUT2D eigenvalue weighted by molar-refractivity contribution is 1.01. The van der Waals surface area contributed by atoms with Gasteiger partial charge < -0.3 is 9.47 Å². The summed E-state index contributed by atoms with van der Waals surface area (Å²) in [6.45, 7) is 0. The first-order valence-electron chi connectivity index (χ1n) is 29.9. The Balaban J connectivity index is 0.697. The Morgan fingerprint density at radius 1 is 0.209 bits per heavy atom. The molecule has 0 saturated carbocycles. The maximum atomic E-state index is 2.45. The van der Waals surface area contributed by atoms with E-state index in [0.29, 0.717) is 0 Å². The molecule has 0 saturated heterocycles.